The van der Waals surface area contributed by atoms with Gasteiger partial charge in [-0.3, -0.25) is 0 Å². The first kappa shape index (κ1) is 5.91. The van der Waals surface area contributed by atoms with Gasteiger partial charge in [-0.1, -0.05) is 23.6 Å². The summed E-state index contributed by atoms with van der Waals surface area (Å²) < 4.78 is 0. The van der Waals surface area contributed by atoms with E-state index in [4.69, 9.17) is 6.42 Å². The number of rotatable bonds is 0. The zero-order chi connectivity index (χ0) is 6.69. The molecule has 0 fully saturated rings. The van der Waals surface area contributed by atoms with Gasteiger partial charge in [-0.2, -0.15) is 0 Å². The first-order valence-electron chi connectivity index (χ1n) is 2.86. The third-order valence-corrected chi connectivity index (χ3v) is 1.22. The molecular formula is C9H9. The molecular weight excluding hydrogens is 108 g/mol. The maximum Gasteiger partial charge on any atom is 0.0242 e. The van der Waals surface area contributed by atoms with Gasteiger partial charge in [0.25, 0.3) is 0 Å². The fraction of sp³-hybridized carbons (Fsp3) is 0.111. The topological polar surface area (TPSA) is 0 Å². The zero-order valence-corrected chi connectivity index (χ0v) is 5.39. The van der Waals surface area contributed by atoms with Gasteiger partial charge >= 0.3 is 0 Å². The second-order valence-electron chi connectivity index (χ2n) is 2.01. The minimum absolute atomic E-state index is 0. The predicted molar refractivity (Wildman–Crippen MR) is 40.2 cm³/mol. The van der Waals surface area contributed by atoms with Crippen LogP contribution in [0.3, 0.4) is 0 Å². The number of hydrogen-bond donors (Lipinski definition) is 0. The molecule has 0 nitrogen and oxygen atoms in total. The van der Waals surface area contributed by atoms with Crippen molar-refractivity contribution in [3.8, 4) is 12.3 Å². The van der Waals surface area contributed by atoms with E-state index < -0.39 is 0 Å². The average molecular weight is 117 g/mol. The van der Waals surface area contributed by atoms with Crippen LogP contribution < -0.4 is 0 Å². The molecule has 0 aliphatic carbocycles. The molecule has 0 heterocycles. The highest BCUT2D eigenvalue weighted by Crippen LogP contribution is 1.99. The van der Waals surface area contributed by atoms with Gasteiger partial charge in [0.05, 0.1) is 0 Å². The van der Waals surface area contributed by atoms with Crippen molar-refractivity contribution in [1.29, 1.82) is 0 Å². The molecule has 0 unspecified atom stereocenters. The Morgan fingerprint density at radius 1 is 1.33 bits per heavy atom. The minimum Gasteiger partial charge on any atom is -0.115 e. The molecule has 0 aliphatic rings. The lowest BCUT2D eigenvalue weighted by atomic mass is 10.2. The van der Waals surface area contributed by atoms with Crippen LogP contribution in [-0.2, 0) is 0 Å². The highest BCUT2D eigenvalue weighted by Gasteiger charge is 1.82. The summed E-state index contributed by atoms with van der Waals surface area (Å²) >= 11 is 0. The van der Waals surface area contributed by atoms with Crippen LogP contribution in [0.5, 0.6) is 0 Å². The SMILES string of the molecule is C#Cc1ccc(C)cc1.[H]. The van der Waals surface area contributed by atoms with Gasteiger partial charge in [0.15, 0.2) is 0 Å². The molecule has 0 spiro atoms. The monoisotopic (exact) mass is 117 g/mol. The first-order chi connectivity index (χ1) is 4.33. The molecule has 1 aromatic carbocycles. The van der Waals surface area contributed by atoms with E-state index in [0.29, 0.717) is 0 Å². The van der Waals surface area contributed by atoms with E-state index in [1.54, 1.807) is 0 Å². The largest absolute Gasteiger partial charge is 0.115 e. The van der Waals surface area contributed by atoms with Crippen LogP contribution >= 0.6 is 0 Å². The summed E-state index contributed by atoms with van der Waals surface area (Å²) in [5.74, 6) is 2.55. The minimum atomic E-state index is 0. The third-order valence-electron chi connectivity index (χ3n) is 1.22. The molecule has 0 bridgehead atoms. The molecule has 0 aromatic heterocycles. The average Bonchev–Trinajstić information content (AvgIpc) is 1.90. The number of terminal acetylenes is 1. The fourth-order valence-electron chi connectivity index (χ4n) is 0.650. The van der Waals surface area contributed by atoms with Crippen molar-refractivity contribution >= 4 is 0 Å². The highest BCUT2D eigenvalue weighted by atomic mass is 13.9. The predicted octanol–water partition coefficient (Wildman–Crippen LogP) is 2.09. The third kappa shape index (κ3) is 1.33. The molecule has 9 heavy (non-hydrogen) atoms. The fourth-order valence-corrected chi connectivity index (χ4v) is 0.650. The van der Waals surface area contributed by atoms with E-state index >= 15 is 0 Å². The van der Waals surface area contributed by atoms with Crippen LogP contribution in [0.2, 0.25) is 0 Å². The number of aryl methyl sites for hydroxylation is 1. The van der Waals surface area contributed by atoms with Crippen molar-refractivity contribution in [3.05, 3.63) is 35.4 Å². The zero-order valence-electron chi connectivity index (χ0n) is 6.39. The van der Waals surface area contributed by atoms with E-state index in [9.17, 15) is 0 Å². The van der Waals surface area contributed by atoms with Gasteiger partial charge in [0, 0.05) is 6.99 Å². The Morgan fingerprint density at radius 2 is 1.89 bits per heavy atom. The van der Waals surface area contributed by atoms with Crippen LogP contribution in [-0.4, -0.2) is 0 Å². The molecule has 0 saturated carbocycles. The smallest absolute Gasteiger partial charge is 0.0242 e. The van der Waals surface area contributed by atoms with Crippen LogP contribution in [0.25, 0.3) is 0 Å². The molecule has 0 heteroatoms. The normalized spacial score (nSPS) is 8.44. The summed E-state index contributed by atoms with van der Waals surface area (Å²) in [7, 11) is 0. The maximum atomic E-state index is 5.15. The molecule has 1 rings (SSSR count). The second kappa shape index (κ2) is 2.37. The molecule has 0 atom stereocenters. The summed E-state index contributed by atoms with van der Waals surface area (Å²) in [5.41, 5.74) is 2.19. The summed E-state index contributed by atoms with van der Waals surface area (Å²) in [6.07, 6.45) is 5.15. The van der Waals surface area contributed by atoms with E-state index in [-0.39, 0.29) is 1.43 Å². The first-order valence-corrected chi connectivity index (χ1v) is 2.86. The van der Waals surface area contributed by atoms with Crippen molar-refractivity contribution in [2.75, 3.05) is 0 Å². The maximum absolute atomic E-state index is 5.15. The van der Waals surface area contributed by atoms with Gasteiger partial charge in [0.1, 0.15) is 0 Å². The van der Waals surface area contributed by atoms with Crippen molar-refractivity contribution in [2.45, 2.75) is 6.92 Å². The second-order valence-corrected chi connectivity index (χ2v) is 2.01. The lowest BCUT2D eigenvalue weighted by Crippen LogP contribution is -1.72. The van der Waals surface area contributed by atoms with Gasteiger partial charge in [-0.05, 0) is 19.1 Å². The van der Waals surface area contributed by atoms with Crippen molar-refractivity contribution in [2.24, 2.45) is 0 Å². The quantitative estimate of drug-likeness (QED) is 0.456. The summed E-state index contributed by atoms with van der Waals surface area (Å²) in [6, 6.07) is 7.90. The van der Waals surface area contributed by atoms with E-state index in [2.05, 4.69) is 5.92 Å². The van der Waals surface area contributed by atoms with Crippen molar-refractivity contribution < 1.29 is 1.43 Å². The summed E-state index contributed by atoms with van der Waals surface area (Å²) in [5, 5.41) is 0. The van der Waals surface area contributed by atoms with Crippen molar-refractivity contribution in [1.82, 2.24) is 0 Å². The van der Waals surface area contributed by atoms with E-state index in [0.717, 1.165) is 5.56 Å². The summed E-state index contributed by atoms with van der Waals surface area (Å²) in [4.78, 5) is 0. The Morgan fingerprint density at radius 3 is 2.33 bits per heavy atom. The van der Waals surface area contributed by atoms with Crippen LogP contribution in [0, 0.1) is 19.3 Å². The van der Waals surface area contributed by atoms with E-state index in [1.165, 1.54) is 5.56 Å². The molecule has 0 saturated heterocycles. The lowest BCUT2D eigenvalue weighted by Gasteiger charge is -1.89. The Bertz CT molecular complexity index is 228. The lowest BCUT2D eigenvalue weighted by molar-refractivity contribution is 1.46. The van der Waals surface area contributed by atoms with E-state index in [1.807, 2.05) is 31.2 Å². The standard InChI is InChI=1S/C9H8.H/c1-3-9-6-4-8(2)5-7-9;/h1,4-7H,2H3;. The molecule has 0 N–H and O–H groups in total. The van der Waals surface area contributed by atoms with Gasteiger partial charge in [-0.25, -0.2) is 0 Å². The van der Waals surface area contributed by atoms with Gasteiger partial charge in [-0.15, -0.1) is 6.42 Å². The molecule has 1 aromatic rings. The van der Waals surface area contributed by atoms with Gasteiger partial charge < -0.3 is 0 Å². The number of hydrogen-bond acceptors (Lipinski definition) is 0. The summed E-state index contributed by atoms with van der Waals surface area (Å²) in [6.45, 7) is 2.04. The molecule has 0 aliphatic heterocycles. The van der Waals surface area contributed by atoms with Crippen LogP contribution in [0.1, 0.15) is 12.6 Å². The molecule has 1 radical (unpaired) electrons. The Kier molecular flexibility index (Phi) is 1.55. The van der Waals surface area contributed by atoms with Gasteiger partial charge in [0.2, 0.25) is 0 Å². The highest BCUT2D eigenvalue weighted by molar-refractivity contribution is 5.33. The van der Waals surface area contributed by atoms with Crippen LogP contribution in [0.15, 0.2) is 24.3 Å². The molecule has 45 valence electrons. The Balaban J connectivity index is 0.000000810. The van der Waals surface area contributed by atoms with Crippen molar-refractivity contribution in [3.63, 3.8) is 0 Å². The molecule has 0 amide bonds. The number of benzene rings is 1. The Hall–Kier alpha value is -1.22. The Labute approximate surface area is 57.0 Å². The van der Waals surface area contributed by atoms with Crippen LogP contribution in [0.4, 0.5) is 0 Å².